The molecule has 0 aliphatic heterocycles. The van der Waals surface area contributed by atoms with E-state index in [1.165, 1.54) is 24.3 Å². The van der Waals surface area contributed by atoms with E-state index < -0.39 is 21.5 Å². The maximum atomic E-state index is 13.9. The van der Waals surface area contributed by atoms with Crippen molar-refractivity contribution in [1.29, 1.82) is 0 Å². The van der Waals surface area contributed by atoms with E-state index in [1.807, 2.05) is 0 Å². The highest BCUT2D eigenvalue weighted by Gasteiger charge is 2.28. The van der Waals surface area contributed by atoms with E-state index in [4.69, 9.17) is 0 Å². The van der Waals surface area contributed by atoms with Crippen LogP contribution in [-0.4, -0.2) is 14.2 Å². The van der Waals surface area contributed by atoms with E-state index >= 15 is 0 Å². The van der Waals surface area contributed by atoms with Crippen LogP contribution in [0.4, 0.5) is 8.78 Å². The summed E-state index contributed by atoms with van der Waals surface area (Å²) in [5.74, 6) is -0.254. The monoisotopic (exact) mass is 364 g/mol. The lowest BCUT2D eigenvalue weighted by atomic mass is 10.0. The van der Waals surface area contributed by atoms with Crippen molar-refractivity contribution >= 4 is 9.84 Å². The molecule has 0 radical (unpaired) electrons. The first-order valence-electron chi connectivity index (χ1n) is 8.67. The third kappa shape index (κ3) is 4.09. The van der Waals surface area contributed by atoms with Gasteiger partial charge in [-0.25, -0.2) is 17.2 Å². The van der Waals surface area contributed by atoms with E-state index in [-0.39, 0.29) is 22.1 Å². The van der Waals surface area contributed by atoms with Crippen LogP contribution in [-0.2, 0) is 9.84 Å². The molecule has 2 atom stereocenters. The number of hydrogen-bond acceptors (Lipinski definition) is 2. The molecule has 0 spiro atoms. The molecule has 0 N–H and O–H groups in total. The molecule has 0 saturated heterocycles. The van der Waals surface area contributed by atoms with Gasteiger partial charge in [-0.05, 0) is 54.5 Å². The van der Waals surface area contributed by atoms with Gasteiger partial charge in [0.15, 0.2) is 9.84 Å². The van der Waals surface area contributed by atoms with Crippen LogP contribution in [0.3, 0.4) is 0 Å². The Labute approximate surface area is 147 Å². The van der Waals surface area contributed by atoms with E-state index in [0.29, 0.717) is 11.5 Å². The second kappa shape index (κ2) is 7.24. The maximum absolute atomic E-state index is 13.9. The molecule has 2 aromatic rings. The molecule has 1 fully saturated rings. The lowest BCUT2D eigenvalue weighted by Crippen LogP contribution is -2.14. The molecular formula is C20H22F2O2S. The molecule has 0 bridgehead atoms. The Morgan fingerprint density at radius 1 is 1.00 bits per heavy atom. The number of sulfone groups is 1. The third-order valence-electron chi connectivity index (χ3n) is 5.14. The summed E-state index contributed by atoms with van der Waals surface area (Å²) in [6, 6.07) is 9.55. The van der Waals surface area contributed by atoms with Crippen molar-refractivity contribution in [2.24, 2.45) is 11.8 Å². The van der Waals surface area contributed by atoms with Crippen LogP contribution in [0.15, 0.2) is 47.4 Å². The Morgan fingerprint density at radius 3 is 2.28 bits per heavy atom. The topological polar surface area (TPSA) is 34.1 Å². The molecule has 0 aromatic heterocycles. The Balaban J connectivity index is 1.77. The zero-order chi connectivity index (χ0) is 18.0. The van der Waals surface area contributed by atoms with Crippen LogP contribution in [0.5, 0.6) is 0 Å². The predicted molar refractivity (Wildman–Crippen MR) is 95.0 cm³/mol. The minimum atomic E-state index is -3.34. The largest absolute Gasteiger partial charge is 0.224 e. The summed E-state index contributed by atoms with van der Waals surface area (Å²) in [4.78, 5) is 0.263. The first kappa shape index (κ1) is 18.1. The minimum absolute atomic E-state index is 0.174. The Kier molecular flexibility index (Phi) is 5.23. The highest BCUT2D eigenvalue weighted by molar-refractivity contribution is 7.91. The summed E-state index contributed by atoms with van der Waals surface area (Å²) in [6.07, 6.45) is 4.17. The maximum Gasteiger partial charge on any atom is 0.178 e. The lowest BCUT2D eigenvalue weighted by Gasteiger charge is -2.12. The molecule has 3 rings (SSSR count). The van der Waals surface area contributed by atoms with Crippen molar-refractivity contribution in [3.63, 3.8) is 0 Å². The van der Waals surface area contributed by atoms with Crippen molar-refractivity contribution in [3.8, 4) is 11.1 Å². The highest BCUT2D eigenvalue weighted by Crippen LogP contribution is 2.35. The van der Waals surface area contributed by atoms with Gasteiger partial charge >= 0.3 is 0 Å². The Morgan fingerprint density at radius 2 is 1.68 bits per heavy atom. The number of rotatable bonds is 5. The third-order valence-corrected chi connectivity index (χ3v) is 7.04. The summed E-state index contributed by atoms with van der Waals surface area (Å²) in [5, 5.41) is 0. The second-order valence-electron chi connectivity index (χ2n) is 6.88. The van der Waals surface area contributed by atoms with Gasteiger partial charge in [-0.3, -0.25) is 0 Å². The van der Waals surface area contributed by atoms with E-state index in [0.717, 1.165) is 31.7 Å². The van der Waals surface area contributed by atoms with Gasteiger partial charge < -0.3 is 0 Å². The lowest BCUT2D eigenvalue weighted by molar-refractivity contribution is 0.497. The van der Waals surface area contributed by atoms with Gasteiger partial charge in [0.2, 0.25) is 0 Å². The summed E-state index contributed by atoms with van der Waals surface area (Å²) in [7, 11) is -3.34. The standard InChI is InChI=1S/C20H22F2O2S/c1-2-14-3-4-15(11-14)13-25(23,24)18-8-5-16(6-9-18)19-10-7-17(21)12-20(19)22/h5-10,12,14-15H,2-4,11,13H2,1H3/t14?,15-/m1/s1. The quantitative estimate of drug-likeness (QED) is 0.728. The fraction of sp³-hybridized carbons (Fsp3) is 0.400. The van der Waals surface area contributed by atoms with E-state index in [2.05, 4.69) is 6.92 Å². The molecule has 2 nitrogen and oxygen atoms in total. The summed E-state index contributed by atoms with van der Waals surface area (Å²) < 4.78 is 52.1. The molecular weight excluding hydrogens is 342 g/mol. The van der Waals surface area contributed by atoms with Gasteiger partial charge in [-0.1, -0.05) is 31.9 Å². The number of halogens is 2. The van der Waals surface area contributed by atoms with Gasteiger partial charge in [0.1, 0.15) is 11.6 Å². The zero-order valence-electron chi connectivity index (χ0n) is 14.2. The van der Waals surface area contributed by atoms with Crippen LogP contribution in [0.1, 0.15) is 32.6 Å². The average Bonchev–Trinajstić information content (AvgIpc) is 3.02. The van der Waals surface area contributed by atoms with Crippen molar-refractivity contribution in [3.05, 3.63) is 54.1 Å². The summed E-state index contributed by atoms with van der Waals surface area (Å²) in [5.41, 5.74) is 0.787. The Bertz CT molecular complexity index is 844. The van der Waals surface area contributed by atoms with E-state index in [9.17, 15) is 17.2 Å². The van der Waals surface area contributed by atoms with Crippen LogP contribution < -0.4 is 0 Å². The summed E-state index contributed by atoms with van der Waals surface area (Å²) >= 11 is 0. The number of benzene rings is 2. The van der Waals surface area contributed by atoms with Crippen LogP contribution in [0.25, 0.3) is 11.1 Å². The molecule has 0 heterocycles. The van der Waals surface area contributed by atoms with Crippen molar-refractivity contribution < 1.29 is 17.2 Å². The molecule has 0 amide bonds. The first-order valence-corrected chi connectivity index (χ1v) is 10.3. The molecule has 2 aromatic carbocycles. The van der Waals surface area contributed by atoms with Crippen LogP contribution >= 0.6 is 0 Å². The van der Waals surface area contributed by atoms with Gasteiger partial charge in [0.05, 0.1) is 10.6 Å². The van der Waals surface area contributed by atoms with Gasteiger partial charge in [-0.15, -0.1) is 0 Å². The fourth-order valence-corrected chi connectivity index (χ4v) is 5.34. The molecule has 25 heavy (non-hydrogen) atoms. The normalized spacial score (nSPS) is 20.8. The molecule has 134 valence electrons. The molecule has 5 heteroatoms. The average molecular weight is 364 g/mol. The van der Waals surface area contributed by atoms with Gasteiger partial charge in [-0.2, -0.15) is 0 Å². The minimum Gasteiger partial charge on any atom is -0.224 e. The second-order valence-corrected chi connectivity index (χ2v) is 8.92. The van der Waals surface area contributed by atoms with Crippen molar-refractivity contribution in [1.82, 2.24) is 0 Å². The molecule has 1 aliphatic rings. The molecule has 1 aliphatic carbocycles. The van der Waals surface area contributed by atoms with Crippen LogP contribution in [0.2, 0.25) is 0 Å². The first-order chi connectivity index (χ1) is 11.9. The predicted octanol–water partition coefficient (Wildman–Crippen LogP) is 5.23. The highest BCUT2D eigenvalue weighted by atomic mass is 32.2. The van der Waals surface area contributed by atoms with Gasteiger partial charge in [0.25, 0.3) is 0 Å². The zero-order valence-corrected chi connectivity index (χ0v) is 15.0. The SMILES string of the molecule is CCC1CC[C@@H](CS(=O)(=O)c2ccc(-c3ccc(F)cc3F)cc2)C1. The van der Waals surface area contributed by atoms with Crippen molar-refractivity contribution in [2.75, 3.05) is 5.75 Å². The van der Waals surface area contributed by atoms with Gasteiger partial charge in [0, 0.05) is 11.6 Å². The van der Waals surface area contributed by atoms with Crippen LogP contribution in [0, 0.1) is 23.5 Å². The number of hydrogen-bond donors (Lipinski definition) is 0. The molecule has 1 saturated carbocycles. The smallest absolute Gasteiger partial charge is 0.178 e. The van der Waals surface area contributed by atoms with Crippen molar-refractivity contribution in [2.45, 2.75) is 37.5 Å². The van der Waals surface area contributed by atoms with E-state index in [1.54, 1.807) is 12.1 Å². The fourth-order valence-electron chi connectivity index (χ4n) is 3.67. The molecule has 1 unspecified atom stereocenters. The Hall–Kier alpha value is -1.75. The summed E-state index contributed by atoms with van der Waals surface area (Å²) in [6.45, 7) is 2.15.